The van der Waals surface area contributed by atoms with Crippen LogP contribution in [0.2, 0.25) is 0 Å². The SMILES string of the molecule is Cc1ccnc(N2CCC(C(=O)NC[C@H]3CCCO3)CC2)n1. The molecule has 1 aromatic heterocycles. The summed E-state index contributed by atoms with van der Waals surface area (Å²) >= 11 is 0. The summed E-state index contributed by atoms with van der Waals surface area (Å²) in [5.74, 6) is 1.04. The fourth-order valence-electron chi connectivity index (χ4n) is 3.09. The molecule has 0 radical (unpaired) electrons. The maximum absolute atomic E-state index is 12.2. The molecule has 6 nitrogen and oxygen atoms in total. The van der Waals surface area contributed by atoms with Crippen LogP contribution in [0.5, 0.6) is 0 Å². The predicted octanol–water partition coefficient (Wildman–Crippen LogP) is 1.30. The summed E-state index contributed by atoms with van der Waals surface area (Å²) in [5.41, 5.74) is 0.974. The topological polar surface area (TPSA) is 67.4 Å². The number of nitrogens with one attached hydrogen (secondary N) is 1. The van der Waals surface area contributed by atoms with Gasteiger partial charge in [-0.25, -0.2) is 9.97 Å². The molecule has 0 unspecified atom stereocenters. The molecule has 0 aromatic carbocycles. The highest BCUT2D eigenvalue weighted by Gasteiger charge is 2.27. The van der Waals surface area contributed by atoms with Crippen molar-refractivity contribution in [1.29, 1.82) is 0 Å². The minimum atomic E-state index is 0.0995. The second kappa shape index (κ2) is 7.05. The van der Waals surface area contributed by atoms with Crippen LogP contribution < -0.4 is 10.2 Å². The van der Waals surface area contributed by atoms with Crippen LogP contribution in [0.25, 0.3) is 0 Å². The second-order valence-corrected chi connectivity index (χ2v) is 6.14. The van der Waals surface area contributed by atoms with Gasteiger partial charge in [-0.2, -0.15) is 0 Å². The van der Waals surface area contributed by atoms with Gasteiger partial charge < -0.3 is 15.0 Å². The molecule has 0 spiro atoms. The predicted molar refractivity (Wildman–Crippen MR) is 83.7 cm³/mol. The molecule has 2 aliphatic heterocycles. The Bertz CT molecular complexity index is 509. The molecule has 0 saturated carbocycles. The van der Waals surface area contributed by atoms with E-state index in [4.69, 9.17) is 4.74 Å². The van der Waals surface area contributed by atoms with Crippen LogP contribution in [-0.2, 0) is 9.53 Å². The molecule has 3 rings (SSSR count). The van der Waals surface area contributed by atoms with Gasteiger partial charge in [-0.3, -0.25) is 4.79 Å². The van der Waals surface area contributed by atoms with Crippen molar-refractivity contribution in [2.45, 2.75) is 38.7 Å². The number of hydrogen-bond acceptors (Lipinski definition) is 5. The highest BCUT2D eigenvalue weighted by atomic mass is 16.5. The third kappa shape index (κ3) is 3.74. The van der Waals surface area contributed by atoms with Crippen molar-refractivity contribution >= 4 is 11.9 Å². The molecule has 120 valence electrons. The highest BCUT2D eigenvalue weighted by Crippen LogP contribution is 2.21. The van der Waals surface area contributed by atoms with Crippen LogP contribution in [0, 0.1) is 12.8 Å². The summed E-state index contributed by atoms with van der Waals surface area (Å²) in [7, 11) is 0. The van der Waals surface area contributed by atoms with Gasteiger partial charge in [-0.1, -0.05) is 0 Å². The van der Waals surface area contributed by atoms with E-state index < -0.39 is 0 Å². The standard InChI is InChI=1S/C16H24N4O2/c1-12-4-7-17-16(19-12)20-8-5-13(6-9-20)15(21)18-11-14-3-2-10-22-14/h4,7,13-14H,2-3,5-6,8-11H2,1H3,(H,18,21)/t14-/m1/s1. The molecule has 2 saturated heterocycles. The number of ether oxygens (including phenoxy) is 1. The zero-order valence-electron chi connectivity index (χ0n) is 13.1. The van der Waals surface area contributed by atoms with Crippen molar-refractivity contribution in [3.05, 3.63) is 18.0 Å². The van der Waals surface area contributed by atoms with E-state index in [9.17, 15) is 4.79 Å². The lowest BCUT2D eigenvalue weighted by molar-refractivity contribution is -0.126. The third-order valence-electron chi connectivity index (χ3n) is 4.46. The minimum absolute atomic E-state index is 0.0995. The van der Waals surface area contributed by atoms with Crippen LogP contribution >= 0.6 is 0 Å². The summed E-state index contributed by atoms with van der Waals surface area (Å²) in [5, 5.41) is 3.04. The fourth-order valence-corrected chi connectivity index (χ4v) is 3.09. The van der Waals surface area contributed by atoms with E-state index in [1.807, 2.05) is 13.0 Å². The Balaban J connectivity index is 1.45. The molecule has 0 bridgehead atoms. The van der Waals surface area contributed by atoms with Crippen molar-refractivity contribution in [3.8, 4) is 0 Å². The van der Waals surface area contributed by atoms with Crippen LogP contribution in [0.15, 0.2) is 12.3 Å². The van der Waals surface area contributed by atoms with Crippen molar-refractivity contribution < 1.29 is 9.53 Å². The maximum Gasteiger partial charge on any atom is 0.225 e. The van der Waals surface area contributed by atoms with Gasteiger partial charge in [0.15, 0.2) is 0 Å². The van der Waals surface area contributed by atoms with E-state index >= 15 is 0 Å². The van der Waals surface area contributed by atoms with Gasteiger partial charge in [0.25, 0.3) is 0 Å². The first kappa shape index (κ1) is 15.2. The number of carbonyl (C=O) groups excluding carboxylic acids is 1. The summed E-state index contributed by atoms with van der Waals surface area (Å²) < 4.78 is 5.54. The smallest absolute Gasteiger partial charge is 0.225 e. The van der Waals surface area contributed by atoms with Crippen LogP contribution in [0.1, 0.15) is 31.4 Å². The number of aryl methyl sites for hydroxylation is 1. The number of rotatable bonds is 4. The first-order chi connectivity index (χ1) is 10.7. The van der Waals surface area contributed by atoms with Crippen LogP contribution in [0.4, 0.5) is 5.95 Å². The maximum atomic E-state index is 12.2. The Labute approximate surface area is 131 Å². The third-order valence-corrected chi connectivity index (χ3v) is 4.46. The zero-order chi connectivity index (χ0) is 15.4. The molecule has 1 aromatic rings. The number of hydrogen-bond donors (Lipinski definition) is 1. The van der Waals surface area contributed by atoms with Crippen molar-refractivity contribution in [2.24, 2.45) is 5.92 Å². The van der Waals surface area contributed by atoms with Gasteiger partial charge in [0.2, 0.25) is 11.9 Å². The molecule has 1 atom stereocenters. The summed E-state index contributed by atoms with van der Waals surface area (Å²) in [4.78, 5) is 23.2. The molecule has 3 heterocycles. The monoisotopic (exact) mass is 304 g/mol. The number of aromatic nitrogens is 2. The first-order valence-electron chi connectivity index (χ1n) is 8.16. The Morgan fingerprint density at radius 3 is 2.91 bits per heavy atom. The van der Waals surface area contributed by atoms with E-state index in [0.717, 1.165) is 57.0 Å². The molecular weight excluding hydrogens is 280 g/mol. The van der Waals surface area contributed by atoms with E-state index in [1.165, 1.54) is 0 Å². The van der Waals surface area contributed by atoms with Gasteiger partial charge in [-0.05, 0) is 38.7 Å². The first-order valence-corrected chi connectivity index (χ1v) is 8.16. The quantitative estimate of drug-likeness (QED) is 0.908. The largest absolute Gasteiger partial charge is 0.376 e. The molecule has 1 N–H and O–H groups in total. The Hall–Kier alpha value is -1.69. The van der Waals surface area contributed by atoms with E-state index in [-0.39, 0.29) is 17.9 Å². The molecule has 2 aliphatic rings. The summed E-state index contributed by atoms with van der Waals surface area (Å²) in [6.07, 6.45) is 5.88. The Morgan fingerprint density at radius 2 is 2.23 bits per heavy atom. The van der Waals surface area contributed by atoms with Gasteiger partial charge >= 0.3 is 0 Å². The molecule has 6 heteroatoms. The molecule has 22 heavy (non-hydrogen) atoms. The van der Waals surface area contributed by atoms with Crippen LogP contribution in [-0.4, -0.2) is 48.2 Å². The molecule has 1 amide bonds. The average Bonchev–Trinajstić information content (AvgIpc) is 3.06. The van der Waals surface area contributed by atoms with Crippen molar-refractivity contribution in [2.75, 3.05) is 31.1 Å². The van der Waals surface area contributed by atoms with Gasteiger partial charge in [0, 0.05) is 44.0 Å². The number of piperidine rings is 1. The van der Waals surface area contributed by atoms with E-state index in [2.05, 4.69) is 20.2 Å². The zero-order valence-corrected chi connectivity index (χ0v) is 13.1. The summed E-state index contributed by atoms with van der Waals surface area (Å²) in [6, 6.07) is 1.90. The number of anilines is 1. The number of carbonyl (C=O) groups is 1. The number of nitrogens with zero attached hydrogens (tertiary/aromatic N) is 3. The van der Waals surface area contributed by atoms with Gasteiger partial charge in [0.05, 0.1) is 6.10 Å². The van der Waals surface area contributed by atoms with Gasteiger partial charge in [-0.15, -0.1) is 0 Å². The van der Waals surface area contributed by atoms with Crippen molar-refractivity contribution in [1.82, 2.24) is 15.3 Å². The molecular formula is C16H24N4O2. The lowest BCUT2D eigenvalue weighted by Crippen LogP contribution is -2.42. The molecule has 2 fully saturated rings. The normalized spacial score (nSPS) is 22.8. The highest BCUT2D eigenvalue weighted by molar-refractivity contribution is 5.79. The van der Waals surface area contributed by atoms with Crippen molar-refractivity contribution in [3.63, 3.8) is 0 Å². The lowest BCUT2D eigenvalue weighted by atomic mass is 9.96. The van der Waals surface area contributed by atoms with Crippen LogP contribution in [0.3, 0.4) is 0 Å². The Kier molecular flexibility index (Phi) is 4.87. The average molecular weight is 304 g/mol. The second-order valence-electron chi connectivity index (χ2n) is 6.14. The minimum Gasteiger partial charge on any atom is -0.376 e. The fraction of sp³-hybridized carbons (Fsp3) is 0.688. The Morgan fingerprint density at radius 1 is 1.41 bits per heavy atom. The van der Waals surface area contributed by atoms with Gasteiger partial charge in [0.1, 0.15) is 0 Å². The van der Waals surface area contributed by atoms with E-state index in [1.54, 1.807) is 6.20 Å². The summed E-state index contributed by atoms with van der Waals surface area (Å²) in [6.45, 7) is 5.12. The van der Waals surface area contributed by atoms with E-state index in [0.29, 0.717) is 6.54 Å². The number of amides is 1. The lowest BCUT2D eigenvalue weighted by Gasteiger charge is -2.31. The molecule has 0 aliphatic carbocycles.